The van der Waals surface area contributed by atoms with Crippen molar-refractivity contribution in [2.45, 2.75) is 13.8 Å². The summed E-state index contributed by atoms with van der Waals surface area (Å²) in [5.41, 5.74) is 3.13. The lowest BCUT2D eigenvalue weighted by molar-refractivity contribution is 0.102. The minimum Gasteiger partial charge on any atom is -0.320 e. The quantitative estimate of drug-likeness (QED) is 0.855. The molecule has 1 aromatic carbocycles. The summed E-state index contributed by atoms with van der Waals surface area (Å²) in [6.07, 6.45) is 0. The Hall–Kier alpha value is -2.16. The van der Waals surface area contributed by atoms with Crippen LogP contribution in [0.25, 0.3) is 0 Å². The summed E-state index contributed by atoms with van der Waals surface area (Å²) >= 11 is 0. The van der Waals surface area contributed by atoms with E-state index in [-0.39, 0.29) is 5.91 Å². The fourth-order valence-corrected chi connectivity index (χ4v) is 1.57. The third kappa shape index (κ3) is 2.69. The van der Waals surface area contributed by atoms with Crippen LogP contribution in [0.2, 0.25) is 0 Å². The molecule has 3 nitrogen and oxygen atoms in total. The zero-order valence-corrected chi connectivity index (χ0v) is 9.90. The van der Waals surface area contributed by atoms with Crippen LogP contribution in [0.3, 0.4) is 0 Å². The number of hydrogen-bond acceptors (Lipinski definition) is 2. The lowest BCUT2D eigenvalue weighted by Gasteiger charge is -2.07. The van der Waals surface area contributed by atoms with Crippen molar-refractivity contribution < 1.29 is 4.79 Å². The molecule has 0 atom stereocenters. The number of benzene rings is 1. The number of hydrogen-bond donors (Lipinski definition) is 1. The van der Waals surface area contributed by atoms with Crippen LogP contribution in [0.1, 0.15) is 21.7 Å². The van der Waals surface area contributed by atoms with E-state index in [4.69, 9.17) is 0 Å². The first kappa shape index (κ1) is 11.3. The van der Waals surface area contributed by atoms with Crippen LogP contribution in [0, 0.1) is 13.8 Å². The third-order valence-corrected chi connectivity index (χ3v) is 2.51. The summed E-state index contributed by atoms with van der Waals surface area (Å²) in [6, 6.07) is 13.1. The topological polar surface area (TPSA) is 42.0 Å². The minimum absolute atomic E-state index is 0.178. The summed E-state index contributed by atoms with van der Waals surface area (Å²) < 4.78 is 0. The molecule has 1 N–H and O–H groups in total. The molecular formula is C14H14N2O. The van der Waals surface area contributed by atoms with Gasteiger partial charge in [0.25, 0.3) is 5.91 Å². The average molecular weight is 226 g/mol. The zero-order valence-electron chi connectivity index (χ0n) is 9.90. The number of nitrogens with zero attached hydrogens (tertiary/aromatic N) is 1. The molecule has 0 radical (unpaired) electrons. The molecule has 0 unspecified atom stereocenters. The van der Waals surface area contributed by atoms with E-state index in [0.29, 0.717) is 5.69 Å². The standard InChI is InChI=1S/C14H14N2O/c1-10-6-3-4-8-12(10)16-14(17)13-9-5-7-11(2)15-13/h3-9H,1-2H3,(H,16,17). The molecular weight excluding hydrogens is 212 g/mol. The Morgan fingerprint density at radius 3 is 2.53 bits per heavy atom. The Balaban J connectivity index is 2.20. The number of anilines is 1. The van der Waals surface area contributed by atoms with Crippen LogP contribution in [-0.2, 0) is 0 Å². The van der Waals surface area contributed by atoms with Gasteiger partial charge < -0.3 is 5.32 Å². The summed E-state index contributed by atoms with van der Waals surface area (Å²) in [4.78, 5) is 16.1. The van der Waals surface area contributed by atoms with Gasteiger partial charge in [0.05, 0.1) is 0 Å². The number of rotatable bonds is 2. The third-order valence-electron chi connectivity index (χ3n) is 2.51. The first-order valence-electron chi connectivity index (χ1n) is 5.47. The second-order valence-electron chi connectivity index (χ2n) is 3.93. The monoisotopic (exact) mass is 226 g/mol. The van der Waals surface area contributed by atoms with E-state index in [0.717, 1.165) is 16.9 Å². The predicted molar refractivity (Wildman–Crippen MR) is 68.1 cm³/mol. The molecule has 0 fully saturated rings. The lowest BCUT2D eigenvalue weighted by Crippen LogP contribution is -2.14. The molecule has 0 aliphatic heterocycles. The maximum atomic E-state index is 11.9. The molecule has 1 aromatic heterocycles. The second kappa shape index (κ2) is 4.78. The Kier molecular flexibility index (Phi) is 3.19. The van der Waals surface area contributed by atoms with E-state index < -0.39 is 0 Å². The summed E-state index contributed by atoms with van der Waals surface area (Å²) in [6.45, 7) is 3.82. The van der Waals surface area contributed by atoms with Gasteiger partial charge in [0.2, 0.25) is 0 Å². The molecule has 0 aliphatic rings. The van der Waals surface area contributed by atoms with Gasteiger partial charge in [-0.3, -0.25) is 4.79 Å². The van der Waals surface area contributed by atoms with Gasteiger partial charge in [-0.05, 0) is 37.6 Å². The van der Waals surface area contributed by atoms with Gasteiger partial charge in [0.15, 0.2) is 0 Å². The predicted octanol–water partition coefficient (Wildman–Crippen LogP) is 2.95. The van der Waals surface area contributed by atoms with Crippen LogP contribution < -0.4 is 5.32 Å². The number of nitrogens with one attached hydrogen (secondary N) is 1. The fourth-order valence-electron chi connectivity index (χ4n) is 1.57. The minimum atomic E-state index is -0.178. The Labute approximate surface area is 101 Å². The molecule has 1 amide bonds. The van der Waals surface area contributed by atoms with Gasteiger partial charge in [-0.2, -0.15) is 0 Å². The summed E-state index contributed by atoms with van der Waals surface area (Å²) in [7, 11) is 0. The van der Waals surface area contributed by atoms with E-state index in [1.165, 1.54) is 0 Å². The van der Waals surface area contributed by atoms with Crippen LogP contribution in [0.5, 0.6) is 0 Å². The summed E-state index contributed by atoms with van der Waals surface area (Å²) in [5.74, 6) is -0.178. The second-order valence-corrected chi connectivity index (χ2v) is 3.93. The van der Waals surface area contributed by atoms with Crippen molar-refractivity contribution in [2.24, 2.45) is 0 Å². The first-order valence-corrected chi connectivity index (χ1v) is 5.47. The smallest absolute Gasteiger partial charge is 0.274 e. The Morgan fingerprint density at radius 2 is 1.82 bits per heavy atom. The largest absolute Gasteiger partial charge is 0.320 e. The number of carbonyl (C=O) groups is 1. The van der Waals surface area contributed by atoms with E-state index in [2.05, 4.69) is 10.3 Å². The molecule has 3 heteroatoms. The van der Waals surface area contributed by atoms with Crippen molar-refractivity contribution in [3.63, 3.8) is 0 Å². The molecule has 0 saturated heterocycles. The highest BCUT2D eigenvalue weighted by atomic mass is 16.1. The molecule has 2 rings (SSSR count). The zero-order chi connectivity index (χ0) is 12.3. The molecule has 86 valence electrons. The highest BCUT2D eigenvalue weighted by Gasteiger charge is 2.08. The van der Waals surface area contributed by atoms with Gasteiger partial charge in [-0.1, -0.05) is 24.3 Å². The van der Waals surface area contributed by atoms with Gasteiger partial charge in [-0.25, -0.2) is 4.98 Å². The number of pyridine rings is 1. The SMILES string of the molecule is Cc1cccc(C(=O)Nc2ccccc2C)n1. The number of aryl methyl sites for hydroxylation is 2. The number of para-hydroxylation sites is 1. The molecule has 0 bridgehead atoms. The Bertz CT molecular complexity index is 549. The van der Waals surface area contributed by atoms with Crippen molar-refractivity contribution in [1.29, 1.82) is 0 Å². The van der Waals surface area contributed by atoms with E-state index in [9.17, 15) is 4.79 Å². The fraction of sp³-hybridized carbons (Fsp3) is 0.143. The molecule has 0 spiro atoms. The molecule has 17 heavy (non-hydrogen) atoms. The molecule has 0 saturated carbocycles. The highest BCUT2D eigenvalue weighted by Crippen LogP contribution is 2.14. The first-order chi connectivity index (χ1) is 8.16. The Morgan fingerprint density at radius 1 is 1.06 bits per heavy atom. The molecule has 1 heterocycles. The normalized spacial score (nSPS) is 10.0. The van der Waals surface area contributed by atoms with E-state index in [1.807, 2.05) is 50.2 Å². The van der Waals surface area contributed by atoms with Crippen LogP contribution in [-0.4, -0.2) is 10.9 Å². The van der Waals surface area contributed by atoms with Gasteiger partial charge in [0.1, 0.15) is 5.69 Å². The van der Waals surface area contributed by atoms with Crippen molar-refractivity contribution in [3.05, 3.63) is 59.4 Å². The molecule has 0 aliphatic carbocycles. The van der Waals surface area contributed by atoms with Crippen molar-refractivity contribution >= 4 is 11.6 Å². The van der Waals surface area contributed by atoms with E-state index >= 15 is 0 Å². The number of amides is 1. The maximum absolute atomic E-state index is 11.9. The number of carbonyl (C=O) groups excluding carboxylic acids is 1. The van der Waals surface area contributed by atoms with Crippen molar-refractivity contribution in [3.8, 4) is 0 Å². The van der Waals surface area contributed by atoms with Gasteiger partial charge in [-0.15, -0.1) is 0 Å². The van der Waals surface area contributed by atoms with Gasteiger partial charge >= 0.3 is 0 Å². The van der Waals surface area contributed by atoms with Crippen LogP contribution >= 0.6 is 0 Å². The van der Waals surface area contributed by atoms with Crippen molar-refractivity contribution in [2.75, 3.05) is 5.32 Å². The summed E-state index contributed by atoms with van der Waals surface area (Å²) in [5, 5.41) is 2.85. The van der Waals surface area contributed by atoms with Gasteiger partial charge in [0, 0.05) is 11.4 Å². The number of aromatic nitrogens is 1. The van der Waals surface area contributed by atoms with Crippen LogP contribution in [0.4, 0.5) is 5.69 Å². The molecule has 2 aromatic rings. The highest BCUT2D eigenvalue weighted by molar-refractivity contribution is 6.03. The van der Waals surface area contributed by atoms with Crippen LogP contribution in [0.15, 0.2) is 42.5 Å². The van der Waals surface area contributed by atoms with E-state index in [1.54, 1.807) is 6.07 Å². The van der Waals surface area contributed by atoms with Crippen molar-refractivity contribution in [1.82, 2.24) is 4.98 Å². The lowest BCUT2D eigenvalue weighted by atomic mass is 10.2. The average Bonchev–Trinajstić information content (AvgIpc) is 2.32. The maximum Gasteiger partial charge on any atom is 0.274 e.